The smallest absolute Gasteiger partial charge is 0.339 e. The molecular weight excluding hydrogens is 319 g/mol. The van der Waals surface area contributed by atoms with Crippen molar-refractivity contribution in [2.75, 3.05) is 20.3 Å². The van der Waals surface area contributed by atoms with Crippen molar-refractivity contribution in [3.63, 3.8) is 0 Å². The Balaban J connectivity index is 1.96. The first-order chi connectivity index (χ1) is 11.2. The van der Waals surface area contributed by atoms with Crippen LogP contribution < -0.4 is 0 Å². The van der Waals surface area contributed by atoms with Gasteiger partial charge in [0.15, 0.2) is 6.29 Å². The van der Waals surface area contributed by atoms with Crippen molar-refractivity contribution in [1.29, 1.82) is 0 Å². The van der Waals surface area contributed by atoms with Crippen LogP contribution in [-0.2, 0) is 14.2 Å². The van der Waals surface area contributed by atoms with Gasteiger partial charge < -0.3 is 14.2 Å². The fourth-order valence-corrected chi connectivity index (χ4v) is 3.34. The lowest BCUT2D eigenvalue weighted by molar-refractivity contribution is -0.0462. The lowest BCUT2D eigenvalue weighted by Gasteiger charge is -2.15. The molecule has 1 fully saturated rings. The van der Waals surface area contributed by atoms with Crippen LogP contribution >= 0.6 is 11.8 Å². The van der Waals surface area contributed by atoms with E-state index in [1.807, 2.05) is 12.1 Å². The van der Waals surface area contributed by atoms with E-state index in [0.717, 1.165) is 9.79 Å². The van der Waals surface area contributed by atoms with E-state index in [2.05, 4.69) is 0 Å². The Kier molecular flexibility index (Phi) is 4.95. The fraction of sp³-hybridized carbons (Fsp3) is 0.235. The second kappa shape index (κ2) is 7.12. The van der Waals surface area contributed by atoms with E-state index in [1.165, 1.54) is 31.0 Å². The molecule has 0 spiro atoms. The maximum Gasteiger partial charge on any atom is 0.339 e. The van der Waals surface area contributed by atoms with Gasteiger partial charge in [0.1, 0.15) is 5.82 Å². The molecule has 6 heteroatoms. The van der Waals surface area contributed by atoms with Gasteiger partial charge in [-0.2, -0.15) is 0 Å². The first kappa shape index (κ1) is 16.0. The van der Waals surface area contributed by atoms with Gasteiger partial charge in [-0.1, -0.05) is 23.9 Å². The van der Waals surface area contributed by atoms with Crippen LogP contribution in [0.15, 0.2) is 52.3 Å². The Labute approximate surface area is 137 Å². The van der Waals surface area contributed by atoms with E-state index < -0.39 is 12.3 Å². The quantitative estimate of drug-likeness (QED) is 0.796. The van der Waals surface area contributed by atoms with Gasteiger partial charge in [0.05, 0.1) is 25.9 Å². The second-order valence-electron chi connectivity index (χ2n) is 4.85. The number of hydrogen-bond acceptors (Lipinski definition) is 5. The van der Waals surface area contributed by atoms with Crippen LogP contribution in [0.5, 0.6) is 0 Å². The van der Waals surface area contributed by atoms with Crippen LogP contribution in [0.1, 0.15) is 22.2 Å². The minimum absolute atomic E-state index is 0.357. The first-order valence-electron chi connectivity index (χ1n) is 7.07. The normalized spacial score (nSPS) is 14.9. The highest BCUT2D eigenvalue weighted by Gasteiger charge is 2.23. The van der Waals surface area contributed by atoms with Crippen LogP contribution in [0.3, 0.4) is 0 Å². The Hall–Kier alpha value is -1.89. The molecule has 2 aromatic carbocycles. The van der Waals surface area contributed by atoms with Crippen molar-refractivity contribution in [2.45, 2.75) is 16.1 Å². The molecule has 1 aliphatic heterocycles. The molecule has 0 aliphatic carbocycles. The molecule has 2 aromatic rings. The van der Waals surface area contributed by atoms with Crippen molar-refractivity contribution >= 4 is 17.7 Å². The third-order valence-corrected chi connectivity index (χ3v) is 4.53. The number of esters is 1. The number of benzene rings is 2. The summed E-state index contributed by atoms with van der Waals surface area (Å²) in [5, 5.41) is 0. The van der Waals surface area contributed by atoms with Gasteiger partial charge in [-0.15, -0.1) is 0 Å². The predicted molar refractivity (Wildman–Crippen MR) is 82.9 cm³/mol. The minimum Gasteiger partial charge on any atom is -0.465 e. The summed E-state index contributed by atoms with van der Waals surface area (Å²) in [6, 6.07) is 11.6. The van der Waals surface area contributed by atoms with Gasteiger partial charge in [-0.3, -0.25) is 0 Å². The maximum absolute atomic E-state index is 13.6. The van der Waals surface area contributed by atoms with Crippen molar-refractivity contribution < 1.29 is 23.4 Å². The first-order valence-corrected chi connectivity index (χ1v) is 7.88. The summed E-state index contributed by atoms with van der Waals surface area (Å²) >= 11 is 1.35. The molecule has 1 heterocycles. The molecule has 0 N–H and O–H groups in total. The van der Waals surface area contributed by atoms with Gasteiger partial charge >= 0.3 is 5.97 Å². The average molecular weight is 334 g/mol. The highest BCUT2D eigenvalue weighted by Crippen LogP contribution is 2.38. The van der Waals surface area contributed by atoms with E-state index in [-0.39, 0.29) is 5.82 Å². The summed E-state index contributed by atoms with van der Waals surface area (Å²) in [7, 11) is 1.34. The highest BCUT2D eigenvalue weighted by molar-refractivity contribution is 7.99. The number of methoxy groups -OCH3 is 1. The van der Waals surface area contributed by atoms with E-state index in [0.29, 0.717) is 24.3 Å². The summed E-state index contributed by atoms with van der Waals surface area (Å²) in [4.78, 5) is 13.4. The van der Waals surface area contributed by atoms with Crippen LogP contribution in [0.4, 0.5) is 4.39 Å². The molecule has 0 amide bonds. The van der Waals surface area contributed by atoms with Crippen molar-refractivity contribution in [1.82, 2.24) is 0 Å². The van der Waals surface area contributed by atoms with Gasteiger partial charge in [-0.05, 0) is 30.3 Å². The van der Waals surface area contributed by atoms with Crippen LogP contribution in [0.2, 0.25) is 0 Å². The molecule has 0 radical (unpaired) electrons. The fourth-order valence-electron chi connectivity index (χ4n) is 2.29. The van der Waals surface area contributed by atoms with Gasteiger partial charge in [0.25, 0.3) is 0 Å². The lowest BCUT2D eigenvalue weighted by Crippen LogP contribution is -2.04. The monoisotopic (exact) mass is 334 g/mol. The van der Waals surface area contributed by atoms with Gasteiger partial charge in [0, 0.05) is 15.4 Å². The Bertz CT molecular complexity index is 713. The Morgan fingerprint density at radius 3 is 2.65 bits per heavy atom. The predicted octanol–water partition coefficient (Wildman–Crippen LogP) is 3.81. The molecule has 1 saturated heterocycles. The van der Waals surface area contributed by atoms with Gasteiger partial charge in [0.2, 0.25) is 0 Å². The summed E-state index contributed by atoms with van der Waals surface area (Å²) in [6.07, 6.45) is -0.585. The largest absolute Gasteiger partial charge is 0.465 e. The van der Waals surface area contributed by atoms with Crippen molar-refractivity contribution in [3.8, 4) is 0 Å². The molecule has 4 nitrogen and oxygen atoms in total. The second-order valence-corrected chi connectivity index (χ2v) is 5.93. The molecule has 3 rings (SSSR count). The molecule has 1 aliphatic rings. The summed E-state index contributed by atoms with van der Waals surface area (Å²) in [5.41, 5.74) is 1.08. The Morgan fingerprint density at radius 1 is 1.17 bits per heavy atom. The van der Waals surface area contributed by atoms with E-state index >= 15 is 0 Å². The lowest BCUT2D eigenvalue weighted by atomic mass is 10.2. The van der Waals surface area contributed by atoms with E-state index in [9.17, 15) is 9.18 Å². The van der Waals surface area contributed by atoms with E-state index in [1.54, 1.807) is 18.2 Å². The van der Waals surface area contributed by atoms with Gasteiger partial charge in [-0.25, -0.2) is 9.18 Å². The van der Waals surface area contributed by atoms with Crippen LogP contribution in [0, 0.1) is 5.82 Å². The summed E-state index contributed by atoms with van der Waals surface area (Å²) in [5.74, 6) is -0.769. The van der Waals surface area contributed by atoms with Crippen LogP contribution in [-0.4, -0.2) is 26.3 Å². The highest BCUT2D eigenvalue weighted by atomic mass is 32.2. The maximum atomic E-state index is 13.6. The number of ether oxygens (including phenoxy) is 3. The zero-order valence-electron chi connectivity index (χ0n) is 12.5. The summed E-state index contributed by atoms with van der Waals surface area (Å²) in [6.45, 7) is 0.952. The Morgan fingerprint density at radius 2 is 1.91 bits per heavy atom. The number of carbonyl (C=O) groups is 1. The molecule has 0 bridgehead atoms. The SMILES string of the molecule is COC(=O)c1ccccc1Sc1ccc(F)cc1C1OCCO1. The molecular formula is C17H15FO4S. The molecule has 0 unspecified atom stereocenters. The average Bonchev–Trinajstić information content (AvgIpc) is 3.10. The van der Waals surface area contributed by atoms with E-state index in [4.69, 9.17) is 14.2 Å². The molecule has 0 aromatic heterocycles. The molecule has 0 atom stereocenters. The zero-order chi connectivity index (χ0) is 16.2. The number of rotatable bonds is 4. The molecule has 0 saturated carbocycles. The van der Waals surface area contributed by atoms with Crippen LogP contribution in [0.25, 0.3) is 0 Å². The zero-order valence-corrected chi connectivity index (χ0v) is 13.3. The van der Waals surface area contributed by atoms with Crippen molar-refractivity contribution in [3.05, 3.63) is 59.4 Å². The molecule has 120 valence electrons. The summed E-state index contributed by atoms with van der Waals surface area (Å²) < 4.78 is 29.4. The number of carbonyl (C=O) groups excluding carboxylic acids is 1. The number of halogens is 1. The van der Waals surface area contributed by atoms with Crippen molar-refractivity contribution in [2.24, 2.45) is 0 Å². The topological polar surface area (TPSA) is 44.8 Å². The molecule has 23 heavy (non-hydrogen) atoms. The number of hydrogen-bond donors (Lipinski definition) is 0. The third kappa shape index (κ3) is 3.55. The minimum atomic E-state index is -0.585. The standard InChI is InChI=1S/C17H15FO4S/c1-20-16(19)12-4-2-3-5-14(12)23-15-7-6-11(18)10-13(15)17-21-8-9-22-17/h2-7,10,17H,8-9H2,1H3. The third-order valence-electron chi connectivity index (χ3n) is 3.36.